The molecule has 2 rings (SSSR count). The van der Waals surface area contributed by atoms with Crippen LogP contribution in [0.2, 0.25) is 5.02 Å². The number of carbonyl (C=O) groups excluding carboxylic acids is 1. The Morgan fingerprint density at radius 2 is 1.67 bits per heavy atom. The highest BCUT2D eigenvalue weighted by Gasteiger charge is 2.25. The van der Waals surface area contributed by atoms with Crippen molar-refractivity contribution in [2.75, 3.05) is 34.4 Å². The average Bonchev–Trinajstić information content (AvgIpc) is 2.73. The molecule has 1 amide bonds. The number of sulfonamides is 1. The van der Waals surface area contributed by atoms with Crippen LogP contribution in [0.5, 0.6) is 11.5 Å². The Morgan fingerprint density at radius 3 is 2.23 bits per heavy atom. The number of ether oxygens (including phenoxy) is 2. The monoisotopic (exact) mass is 454 g/mol. The standard InChI is InChI=1S/C21H27ClN2O5S/c1-15(2)24(4)30(26,27)18-10-11-20(22)19(14-18)21(25)23(3)12-13-29-17-8-6-16(28-5)7-9-17/h6-11,14-15H,12-13H2,1-5H3. The number of methoxy groups -OCH3 is 1. The summed E-state index contributed by atoms with van der Waals surface area (Å²) in [7, 11) is 0.967. The molecular formula is C21H27ClN2O5S. The number of rotatable bonds is 9. The maximum Gasteiger partial charge on any atom is 0.255 e. The molecule has 0 aliphatic carbocycles. The molecule has 30 heavy (non-hydrogen) atoms. The lowest BCUT2D eigenvalue weighted by Crippen LogP contribution is -2.34. The van der Waals surface area contributed by atoms with Gasteiger partial charge in [0.1, 0.15) is 18.1 Å². The molecule has 0 atom stereocenters. The van der Waals surface area contributed by atoms with E-state index in [4.69, 9.17) is 21.1 Å². The van der Waals surface area contributed by atoms with Crippen LogP contribution in [-0.2, 0) is 10.0 Å². The maximum atomic E-state index is 12.8. The topological polar surface area (TPSA) is 76.1 Å². The van der Waals surface area contributed by atoms with E-state index in [-0.39, 0.29) is 34.0 Å². The Labute approximate surface area is 183 Å². The Hall–Kier alpha value is -2.29. The van der Waals surface area contributed by atoms with Gasteiger partial charge in [0.05, 0.1) is 29.1 Å². The van der Waals surface area contributed by atoms with Crippen LogP contribution in [0.4, 0.5) is 0 Å². The van der Waals surface area contributed by atoms with Gasteiger partial charge in [-0.1, -0.05) is 11.6 Å². The summed E-state index contributed by atoms with van der Waals surface area (Å²) in [6.45, 7) is 4.11. The summed E-state index contributed by atoms with van der Waals surface area (Å²) in [5.74, 6) is 0.990. The molecule has 0 aliphatic rings. The third kappa shape index (κ3) is 5.65. The summed E-state index contributed by atoms with van der Waals surface area (Å²) in [5.41, 5.74) is 0.127. The van der Waals surface area contributed by atoms with Crippen molar-refractivity contribution in [2.45, 2.75) is 24.8 Å². The molecule has 0 N–H and O–H groups in total. The fourth-order valence-electron chi connectivity index (χ4n) is 2.55. The normalized spacial score (nSPS) is 11.6. The lowest BCUT2D eigenvalue weighted by Gasteiger charge is -2.22. The highest BCUT2D eigenvalue weighted by Crippen LogP contribution is 2.24. The fraction of sp³-hybridized carbons (Fsp3) is 0.381. The average molecular weight is 455 g/mol. The quantitative estimate of drug-likeness (QED) is 0.579. The molecule has 2 aromatic rings. The molecule has 0 aromatic heterocycles. The van der Waals surface area contributed by atoms with E-state index in [1.54, 1.807) is 52.3 Å². The van der Waals surface area contributed by atoms with E-state index in [2.05, 4.69) is 0 Å². The van der Waals surface area contributed by atoms with E-state index in [0.29, 0.717) is 12.3 Å². The van der Waals surface area contributed by atoms with Gasteiger partial charge < -0.3 is 14.4 Å². The number of carbonyl (C=O) groups is 1. The highest BCUT2D eigenvalue weighted by molar-refractivity contribution is 7.89. The maximum absolute atomic E-state index is 12.8. The van der Waals surface area contributed by atoms with Crippen molar-refractivity contribution in [3.05, 3.63) is 53.1 Å². The summed E-state index contributed by atoms with van der Waals surface area (Å²) >= 11 is 6.19. The lowest BCUT2D eigenvalue weighted by molar-refractivity contribution is 0.0773. The second-order valence-electron chi connectivity index (χ2n) is 7.01. The zero-order chi connectivity index (χ0) is 22.5. The predicted molar refractivity (Wildman–Crippen MR) is 117 cm³/mol. The van der Waals surface area contributed by atoms with Gasteiger partial charge in [0.15, 0.2) is 0 Å². The molecular weight excluding hydrogens is 428 g/mol. The Bertz CT molecular complexity index is 977. The molecule has 0 fully saturated rings. The highest BCUT2D eigenvalue weighted by atomic mass is 35.5. The number of amides is 1. The molecule has 0 unspecified atom stereocenters. The van der Waals surface area contributed by atoms with Crippen LogP contribution in [0.3, 0.4) is 0 Å². The Kier molecular flexibility index (Phi) is 8.11. The molecule has 0 heterocycles. The number of hydrogen-bond acceptors (Lipinski definition) is 5. The molecule has 0 aliphatic heterocycles. The molecule has 2 aromatic carbocycles. The van der Waals surface area contributed by atoms with Crippen LogP contribution < -0.4 is 9.47 Å². The minimum Gasteiger partial charge on any atom is -0.497 e. The smallest absolute Gasteiger partial charge is 0.255 e. The molecule has 0 bridgehead atoms. The van der Waals surface area contributed by atoms with Gasteiger partial charge >= 0.3 is 0 Å². The molecule has 7 nitrogen and oxygen atoms in total. The minimum atomic E-state index is -3.73. The van der Waals surface area contributed by atoms with Gasteiger partial charge in [-0.05, 0) is 56.3 Å². The third-order valence-corrected chi connectivity index (χ3v) is 7.03. The van der Waals surface area contributed by atoms with Crippen molar-refractivity contribution in [2.24, 2.45) is 0 Å². The van der Waals surface area contributed by atoms with Gasteiger partial charge in [-0.25, -0.2) is 8.42 Å². The van der Waals surface area contributed by atoms with Gasteiger partial charge in [-0.15, -0.1) is 0 Å². The second-order valence-corrected chi connectivity index (χ2v) is 9.41. The molecule has 0 radical (unpaired) electrons. The van der Waals surface area contributed by atoms with E-state index < -0.39 is 10.0 Å². The number of benzene rings is 2. The van der Waals surface area contributed by atoms with Gasteiger partial charge in [0.2, 0.25) is 10.0 Å². The molecule has 0 saturated heterocycles. The van der Waals surface area contributed by atoms with Crippen molar-refractivity contribution in [3.8, 4) is 11.5 Å². The molecule has 0 spiro atoms. The van der Waals surface area contributed by atoms with E-state index >= 15 is 0 Å². The first-order chi connectivity index (χ1) is 14.1. The first-order valence-corrected chi connectivity index (χ1v) is 11.2. The first-order valence-electron chi connectivity index (χ1n) is 9.37. The molecule has 9 heteroatoms. The summed E-state index contributed by atoms with van der Waals surface area (Å²) in [6.07, 6.45) is 0. The van der Waals surface area contributed by atoms with E-state index in [0.717, 1.165) is 5.75 Å². The number of hydrogen-bond donors (Lipinski definition) is 0. The van der Waals surface area contributed by atoms with Crippen LogP contribution in [-0.4, -0.2) is 63.9 Å². The van der Waals surface area contributed by atoms with Crippen molar-refractivity contribution < 1.29 is 22.7 Å². The van der Waals surface area contributed by atoms with Crippen molar-refractivity contribution in [3.63, 3.8) is 0 Å². The van der Waals surface area contributed by atoms with Crippen molar-refractivity contribution >= 4 is 27.5 Å². The SMILES string of the molecule is COc1ccc(OCCN(C)C(=O)c2cc(S(=O)(=O)N(C)C(C)C)ccc2Cl)cc1. The van der Waals surface area contributed by atoms with Gasteiger partial charge in [0, 0.05) is 20.1 Å². The largest absolute Gasteiger partial charge is 0.497 e. The van der Waals surface area contributed by atoms with Crippen LogP contribution in [0.1, 0.15) is 24.2 Å². The van der Waals surface area contributed by atoms with E-state index in [1.165, 1.54) is 34.5 Å². The summed E-state index contributed by atoms with van der Waals surface area (Å²) < 4.78 is 37.5. The van der Waals surface area contributed by atoms with Crippen LogP contribution in [0.15, 0.2) is 47.4 Å². The third-order valence-electron chi connectivity index (χ3n) is 4.67. The minimum absolute atomic E-state index is 0.0225. The zero-order valence-electron chi connectivity index (χ0n) is 17.8. The van der Waals surface area contributed by atoms with Crippen LogP contribution in [0, 0.1) is 0 Å². The number of halogens is 1. The van der Waals surface area contributed by atoms with E-state index in [1.807, 2.05) is 0 Å². The second kappa shape index (κ2) is 10.1. The zero-order valence-corrected chi connectivity index (χ0v) is 19.3. The summed E-state index contributed by atoms with van der Waals surface area (Å²) in [5, 5.41) is 0.189. The van der Waals surface area contributed by atoms with E-state index in [9.17, 15) is 13.2 Å². The molecule has 164 valence electrons. The van der Waals surface area contributed by atoms with Gasteiger partial charge in [0.25, 0.3) is 5.91 Å². The van der Waals surface area contributed by atoms with Gasteiger partial charge in [-0.3, -0.25) is 4.79 Å². The fourth-order valence-corrected chi connectivity index (χ4v) is 4.14. The number of likely N-dealkylation sites (N-methyl/N-ethyl adjacent to an activating group) is 1. The summed E-state index contributed by atoms with van der Waals surface area (Å²) in [6, 6.07) is 11.0. The summed E-state index contributed by atoms with van der Waals surface area (Å²) in [4.78, 5) is 14.3. The lowest BCUT2D eigenvalue weighted by atomic mass is 10.2. The van der Waals surface area contributed by atoms with Crippen LogP contribution >= 0.6 is 11.6 Å². The van der Waals surface area contributed by atoms with Crippen molar-refractivity contribution in [1.82, 2.24) is 9.21 Å². The molecule has 0 saturated carbocycles. The van der Waals surface area contributed by atoms with Crippen molar-refractivity contribution in [1.29, 1.82) is 0 Å². The Morgan fingerprint density at radius 1 is 1.07 bits per heavy atom. The Balaban J connectivity index is 2.09. The number of nitrogens with zero attached hydrogens (tertiary/aromatic N) is 2. The first kappa shape index (κ1) is 24.0. The van der Waals surface area contributed by atoms with Gasteiger partial charge in [-0.2, -0.15) is 4.31 Å². The van der Waals surface area contributed by atoms with Crippen LogP contribution in [0.25, 0.3) is 0 Å². The predicted octanol–water partition coefficient (Wildman–Crippen LogP) is 3.53.